The second-order valence-corrected chi connectivity index (χ2v) is 5.07. The van der Waals surface area contributed by atoms with Crippen molar-refractivity contribution >= 4 is 21.8 Å². The lowest BCUT2D eigenvalue weighted by atomic mass is 10.1. The van der Waals surface area contributed by atoms with Gasteiger partial charge in [-0.15, -0.1) is 0 Å². The Hall–Kier alpha value is -0.940. The summed E-state index contributed by atoms with van der Waals surface area (Å²) in [5, 5.41) is 9.03. The van der Waals surface area contributed by atoms with Gasteiger partial charge >= 0.3 is 0 Å². The number of halogens is 2. The summed E-state index contributed by atoms with van der Waals surface area (Å²) in [6.45, 7) is 1.32. The van der Waals surface area contributed by atoms with Crippen molar-refractivity contribution in [1.82, 2.24) is 4.90 Å². The Kier molecular flexibility index (Phi) is 3.79. The van der Waals surface area contributed by atoms with Crippen LogP contribution in [-0.2, 0) is 0 Å². The average Bonchev–Trinajstić information content (AvgIpc) is 2.76. The van der Waals surface area contributed by atoms with E-state index in [1.807, 2.05) is 0 Å². The Bertz CT molecular complexity index is 439. The molecule has 1 saturated heterocycles. The molecule has 0 spiro atoms. The number of hydrogen-bond acceptors (Lipinski definition) is 2. The van der Waals surface area contributed by atoms with Crippen LogP contribution < -0.4 is 0 Å². The van der Waals surface area contributed by atoms with Crippen molar-refractivity contribution in [2.75, 3.05) is 19.7 Å². The zero-order chi connectivity index (χ0) is 12.4. The molecule has 0 bridgehead atoms. The molecule has 0 aliphatic carbocycles. The van der Waals surface area contributed by atoms with Crippen LogP contribution in [0, 0.1) is 11.7 Å². The highest BCUT2D eigenvalue weighted by atomic mass is 79.9. The second kappa shape index (κ2) is 5.14. The minimum Gasteiger partial charge on any atom is -0.396 e. The van der Waals surface area contributed by atoms with Crippen LogP contribution in [0.25, 0.3) is 0 Å². The number of hydrogen-bond donors (Lipinski definition) is 1. The van der Waals surface area contributed by atoms with E-state index in [-0.39, 0.29) is 24.2 Å². The summed E-state index contributed by atoms with van der Waals surface area (Å²) in [6, 6.07) is 4.04. The lowest BCUT2D eigenvalue weighted by Crippen LogP contribution is -2.29. The van der Waals surface area contributed by atoms with E-state index in [0.29, 0.717) is 23.1 Å². The average molecular weight is 302 g/mol. The summed E-state index contributed by atoms with van der Waals surface area (Å²) in [4.78, 5) is 13.8. The van der Waals surface area contributed by atoms with Gasteiger partial charge in [-0.25, -0.2) is 4.39 Å². The van der Waals surface area contributed by atoms with Crippen LogP contribution in [0.15, 0.2) is 22.7 Å². The first-order chi connectivity index (χ1) is 8.11. The predicted octanol–water partition coefficient (Wildman–Crippen LogP) is 2.04. The molecule has 1 amide bonds. The number of likely N-dealkylation sites (tertiary alicyclic amines) is 1. The van der Waals surface area contributed by atoms with Gasteiger partial charge in [-0.2, -0.15) is 0 Å². The van der Waals surface area contributed by atoms with Crippen LogP contribution in [0.5, 0.6) is 0 Å². The van der Waals surface area contributed by atoms with E-state index in [9.17, 15) is 9.18 Å². The van der Waals surface area contributed by atoms with Crippen molar-refractivity contribution in [3.8, 4) is 0 Å². The number of carbonyl (C=O) groups is 1. The summed E-state index contributed by atoms with van der Waals surface area (Å²) >= 11 is 3.19. The number of benzene rings is 1. The highest BCUT2D eigenvalue weighted by Crippen LogP contribution is 2.23. The third kappa shape index (κ3) is 2.66. The van der Waals surface area contributed by atoms with Crippen LogP contribution in [-0.4, -0.2) is 35.6 Å². The molecule has 1 N–H and O–H groups in total. The smallest absolute Gasteiger partial charge is 0.255 e. The molecule has 0 saturated carbocycles. The van der Waals surface area contributed by atoms with Gasteiger partial charge in [-0.3, -0.25) is 4.79 Å². The fourth-order valence-electron chi connectivity index (χ4n) is 2.00. The van der Waals surface area contributed by atoms with Gasteiger partial charge in [-0.1, -0.05) is 0 Å². The van der Waals surface area contributed by atoms with Gasteiger partial charge in [0.25, 0.3) is 5.91 Å². The first-order valence-corrected chi connectivity index (χ1v) is 6.26. The molecule has 1 aliphatic rings. The largest absolute Gasteiger partial charge is 0.396 e. The molecule has 92 valence electrons. The molecule has 1 aromatic rings. The predicted molar refractivity (Wildman–Crippen MR) is 65.2 cm³/mol. The molecule has 1 aromatic carbocycles. The van der Waals surface area contributed by atoms with Gasteiger partial charge in [-0.05, 0) is 40.5 Å². The molecule has 0 radical (unpaired) electrons. The van der Waals surface area contributed by atoms with Crippen molar-refractivity contribution in [3.63, 3.8) is 0 Å². The molecule has 1 aliphatic heterocycles. The van der Waals surface area contributed by atoms with Gasteiger partial charge in [0.15, 0.2) is 0 Å². The summed E-state index contributed by atoms with van der Waals surface area (Å²) in [5.41, 5.74) is 0.463. The van der Waals surface area contributed by atoms with Crippen molar-refractivity contribution in [2.45, 2.75) is 6.42 Å². The van der Waals surface area contributed by atoms with E-state index in [1.54, 1.807) is 4.90 Å². The van der Waals surface area contributed by atoms with Crippen LogP contribution in [0.1, 0.15) is 16.8 Å². The van der Waals surface area contributed by atoms with E-state index >= 15 is 0 Å². The van der Waals surface area contributed by atoms with Gasteiger partial charge in [0.2, 0.25) is 0 Å². The van der Waals surface area contributed by atoms with E-state index in [1.165, 1.54) is 18.2 Å². The van der Waals surface area contributed by atoms with Crippen LogP contribution in [0.3, 0.4) is 0 Å². The van der Waals surface area contributed by atoms with Gasteiger partial charge < -0.3 is 10.0 Å². The molecular formula is C12H13BrFNO2. The maximum absolute atomic E-state index is 12.9. The van der Waals surface area contributed by atoms with Crippen molar-refractivity contribution < 1.29 is 14.3 Å². The Morgan fingerprint density at radius 2 is 2.35 bits per heavy atom. The Balaban J connectivity index is 2.15. The minimum absolute atomic E-state index is 0.106. The van der Waals surface area contributed by atoms with Crippen molar-refractivity contribution in [2.24, 2.45) is 5.92 Å². The molecular weight excluding hydrogens is 289 g/mol. The van der Waals surface area contributed by atoms with Crippen LogP contribution in [0.4, 0.5) is 4.39 Å². The number of nitrogens with zero attached hydrogens (tertiary/aromatic N) is 1. The Morgan fingerprint density at radius 3 is 2.94 bits per heavy atom. The lowest BCUT2D eigenvalue weighted by molar-refractivity contribution is 0.0781. The van der Waals surface area contributed by atoms with Gasteiger partial charge in [0.1, 0.15) is 5.82 Å². The number of carbonyl (C=O) groups excluding carboxylic acids is 1. The standard InChI is InChI=1S/C12H13BrFNO2/c13-11-5-9(14)1-2-10(11)12(17)15-4-3-8(6-15)7-16/h1-2,5,8,16H,3-4,6-7H2. The molecule has 5 heteroatoms. The zero-order valence-corrected chi connectivity index (χ0v) is 10.8. The summed E-state index contributed by atoms with van der Waals surface area (Å²) < 4.78 is 13.4. The maximum Gasteiger partial charge on any atom is 0.255 e. The number of aliphatic hydroxyl groups excluding tert-OH is 1. The van der Waals surface area contributed by atoms with Crippen LogP contribution in [0.2, 0.25) is 0 Å². The fourth-order valence-corrected chi connectivity index (χ4v) is 2.52. The van der Waals surface area contributed by atoms with Crippen LogP contribution >= 0.6 is 15.9 Å². The number of amides is 1. The van der Waals surface area contributed by atoms with E-state index < -0.39 is 0 Å². The zero-order valence-electron chi connectivity index (χ0n) is 9.20. The molecule has 0 aromatic heterocycles. The van der Waals surface area contributed by atoms with E-state index in [2.05, 4.69) is 15.9 Å². The molecule has 1 fully saturated rings. The number of aliphatic hydroxyl groups is 1. The quantitative estimate of drug-likeness (QED) is 0.908. The Labute approximate surface area is 107 Å². The second-order valence-electron chi connectivity index (χ2n) is 4.21. The summed E-state index contributed by atoms with van der Waals surface area (Å²) in [5.74, 6) is -0.325. The topological polar surface area (TPSA) is 40.5 Å². The van der Waals surface area contributed by atoms with Gasteiger partial charge in [0.05, 0.1) is 5.56 Å². The molecule has 1 heterocycles. The molecule has 2 rings (SSSR count). The van der Waals surface area contributed by atoms with E-state index in [4.69, 9.17) is 5.11 Å². The molecule has 1 unspecified atom stereocenters. The normalized spacial score (nSPS) is 19.7. The third-order valence-electron chi connectivity index (χ3n) is 2.99. The highest BCUT2D eigenvalue weighted by Gasteiger charge is 2.27. The number of rotatable bonds is 2. The summed E-state index contributed by atoms with van der Waals surface area (Å²) in [6.07, 6.45) is 0.820. The lowest BCUT2D eigenvalue weighted by Gasteiger charge is -2.17. The molecule has 17 heavy (non-hydrogen) atoms. The molecule has 1 atom stereocenters. The molecule has 3 nitrogen and oxygen atoms in total. The first kappa shape index (κ1) is 12.5. The first-order valence-electron chi connectivity index (χ1n) is 5.47. The van der Waals surface area contributed by atoms with Crippen molar-refractivity contribution in [3.05, 3.63) is 34.1 Å². The summed E-state index contributed by atoms with van der Waals surface area (Å²) in [7, 11) is 0. The van der Waals surface area contributed by atoms with E-state index in [0.717, 1.165) is 6.42 Å². The SMILES string of the molecule is O=C(c1ccc(F)cc1Br)N1CCC(CO)C1. The van der Waals surface area contributed by atoms with Gasteiger partial charge in [0, 0.05) is 30.1 Å². The minimum atomic E-state index is -0.372. The highest BCUT2D eigenvalue weighted by molar-refractivity contribution is 9.10. The fraction of sp³-hybridized carbons (Fsp3) is 0.417. The Morgan fingerprint density at radius 1 is 1.59 bits per heavy atom. The third-order valence-corrected chi connectivity index (χ3v) is 3.65. The van der Waals surface area contributed by atoms with Crippen molar-refractivity contribution in [1.29, 1.82) is 0 Å². The monoisotopic (exact) mass is 301 g/mol. The maximum atomic E-state index is 12.9.